The Morgan fingerprint density at radius 1 is 0.426 bits per heavy atom. The van der Waals surface area contributed by atoms with Gasteiger partial charge in [-0.3, -0.25) is 0 Å². The number of aromatic nitrogens is 3. The summed E-state index contributed by atoms with van der Waals surface area (Å²) in [6, 6.07) is 63.4. The van der Waals surface area contributed by atoms with Gasteiger partial charge in [0.15, 0.2) is 5.82 Å². The van der Waals surface area contributed by atoms with Crippen LogP contribution in [0.5, 0.6) is 0 Å². The van der Waals surface area contributed by atoms with Gasteiger partial charge < -0.3 is 4.57 Å². The molecule has 3 heteroatoms. The molecule has 0 spiro atoms. The van der Waals surface area contributed by atoms with Crippen LogP contribution in [0.3, 0.4) is 0 Å². The van der Waals surface area contributed by atoms with E-state index < -0.39 is 0 Å². The maximum atomic E-state index is 5.35. The normalized spacial score (nSPS) is 13.1. The molecule has 0 N–H and O–H groups in total. The lowest BCUT2D eigenvalue weighted by molar-refractivity contribution is 0.667. The van der Waals surface area contributed by atoms with Crippen molar-refractivity contribution >= 4 is 43.4 Å². The van der Waals surface area contributed by atoms with Gasteiger partial charge in [0.2, 0.25) is 0 Å². The third-order valence-corrected chi connectivity index (χ3v) is 11.6. The maximum Gasteiger partial charge on any atom is 0.160 e. The Morgan fingerprint density at radius 2 is 1.02 bits per heavy atom. The highest BCUT2D eigenvalue weighted by atomic mass is 15.0. The summed E-state index contributed by atoms with van der Waals surface area (Å²) in [7, 11) is 0. The molecule has 1 aliphatic carbocycles. The first kappa shape index (κ1) is 30.8. The van der Waals surface area contributed by atoms with E-state index in [1.807, 2.05) is 24.3 Å². The molecule has 0 fully saturated rings. The molecule has 1 aliphatic rings. The Labute approximate surface area is 313 Å². The number of para-hydroxylation sites is 1. The van der Waals surface area contributed by atoms with E-state index in [1.165, 1.54) is 65.6 Å². The van der Waals surface area contributed by atoms with Crippen molar-refractivity contribution in [2.45, 2.75) is 19.3 Å². The largest absolute Gasteiger partial charge is 0.308 e. The van der Waals surface area contributed by atoms with Gasteiger partial charge in [0, 0.05) is 38.3 Å². The zero-order chi connectivity index (χ0) is 36.0. The number of nitrogens with zero attached hydrogens (tertiary/aromatic N) is 3. The van der Waals surface area contributed by atoms with Gasteiger partial charge in [0.25, 0.3) is 0 Å². The van der Waals surface area contributed by atoms with Gasteiger partial charge in [0.1, 0.15) is 0 Å². The second-order valence-corrected chi connectivity index (χ2v) is 15.0. The fourth-order valence-electron chi connectivity index (χ4n) is 9.06. The van der Waals surface area contributed by atoms with Crippen LogP contribution in [0, 0.1) is 0 Å². The van der Waals surface area contributed by atoms with Gasteiger partial charge in [-0.2, -0.15) is 0 Å². The van der Waals surface area contributed by atoms with Gasteiger partial charge in [-0.15, -0.1) is 0 Å². The molecule has 0 saturated heterocycles. The number of benzene rings is 8. The summed E-state index contributed by atoms with van der Waals surface area (Å²) >= 11 is 0. The lowest BCUT2D eigenvalue weighted by Gasteiger charge is -2.24. The standard InChI is InChI=1S/C51H35N3/c1-51(2)43-30-47-42(29-41(43)39-27-25-32-15-9-11-21-36(32)48(39)51)38-23-13-14-24-46(38)54(47)49-37-22-12-10-16-33(37)26-28-40(49)45-31-44(34-17-5-3-6-18-34)52-50(53-45)35-19-7-4-8-20-35/h3-31H,1-2H3. The Kier molecular flexibility index (Phi) is 6.60. The molecule has 0 aliphatic heterocycles. The molecular formula is C51H35N3. The molecule has 3 nitrogen and oxygen atoms in total. The molecule has 0 amide bonds. The summed E-state index contributed by atoms with van der Waals surface area (Å²) in [6.45, 7) is 4.78. The highest BCUT2D eigenvalue weighted by Gasteiger charge is 2.38. The van der Waals surface area contributed by atoms with Gasteiger partial charge in [-0.1, -0.05) is 166 Å². The second kappa shape index (κ2) is 11.6. The Hall–Kier alpha value is -6.84. The van der Waals surface area contributed by atoms with E-state index in [1.54, 1.807) is 0 Å². The summed E-state index contributed by atoms with van der Waals surface area (Å²) in [5.41, 5.74) is 13.6. The Balaban J connectivity index is 1.24. The molecule has 11 rings (SSSR count). The van der Waals surface area contributed by atoms with Crippen LogP contribution < -0.4 is 0 Å². The summed E-state index contributed by atoms with van der Waals surface area (Å²) in [6.07, 6.45) is 0. The van der Waals surface area contributed by atoms with Crippen LogP contribution >= 0.6 is 0 Å². The van der Waals surface area contributed by atoms with Crippen LogP contribution in [-0.4, -0.2) is 14.5 Å². The predicted octanol–water partition coefficient (Wildman–Crippen LogP) is 13.2. The van der Waals surface area contributed by atoms with E-state index in [4.69, 9.17) is 9.97 Å². The highest BCUT2D eigenvalue weighted by molar-refractivity contribution is 6.14. The van der Waals surface area contributed by atoms with Crippen LogP contribution in [0.4, 0.5) is 0 Å². The molecule has 8 aromatic carbocycles. The average Bonchev–Trinajstić information content (AvgIpc) is 3.67. The Morgan fingerprint density at radius 3 is 1.78 bits per heavy atom. The van der Waals surface area contributed by atoms with Crippen LogP contribution in [0.2, 0.25) is 0 Å². The smallest absolute Gasteiger partial charge is 0.160 e. The van der Waals surface area contributed by atoms with E-state index in [2.05, 4.69) is 170 Å². The zero-order valence-electron chi connectivity index (χ0n) is 30.1. The predicted molar refractivity (Wildman–Crippen MR) is 225 cm³/mol. The minimum absolute atomic E-state index is 0.190. The van der Waals surface area contributed by atoms with Crippen LogP contribution in [0.25, 0.3) is 94.1 Å². The summed E-state index contributed by atoms with van der Waals surface area (Å²) in [5, 5.41) is 7.45. The van der Waals surface area contributed by atoms with Crippen molar-refractivity contribution < 1.29 is 0 Å². The third kappa shape index (κ3) is 4.48. The van der Waals surface area contributed by atoms with Crippen molar-refractivity contribution in [2.24, 2.45) is 0 Å². The number of hydrogen-bond donors (Lipinski definition) is 0. The van der Waals surface area contributed by atoms with E-state index in [0.717, 1.165) is 33.8 Å². The molecule has 2 heterocycles. The molecule has 10 aromatic rings. The molecule has 0 radical (unpaired) electrons. The number of rotatable bonds is 4. The molecule has 0 bridgehead atoms. The lowest BCUT2D eigenvalue weighted by atomic mass is 9.80. The summed E-state index contributed by atoms with van der Waals surface area (Å²) in [5.74, 6) is 0.706. The van der Waals surface area contributed by atoms with Crippen molar-refractivity contribution in [3.8, 4) is 50.7 Å². The molecule has 54 heavy (non-hydrogen) atoms. The maximum absolute atomic E-state index is 5.35. The molecule has 0 unspecified atom stereocenters. The quantitative estimate of drug-likeness (QED) is 0.184. The fourth-order valence-corrected chi connectivity index (χ4v) is 9.06. The second-order valence-electron chi connectivity index (χ2n) is 15.0. The van der Waals surface area contributed by atoms with E-state index in [9.17, 15) is 0 Å². The minimum Gasteiger partial charge on any atom is -0.308 e. The SMILES string of the molecule is CC1(C)c2cc3c(cc2-c2ccc4ccccc4c21)c1ccccc1n3-c1c(-c2cc(-c3ccccc3)nc(-c3ccccc3)n2)ccc2ccccc12. The van der Waals surface area contributed by atoms with E-state index >= 15 is 0 Å². The highest BCUT2D eigenvalue weighted by Crippen LogP contribution is 2.53. The van der Waals surface area contributed by atoms with Crippen molar-refractivity contribution in [2.75, 3.05) is 0 Å². The van der Waals surface area contributed by atoms with Crippen LogP contribution in [-0.2, 0) is 5.41 Å². The van der Waals surface area contributed by atoms with Gasteiger partial charge >= 0.3 is 0 Å². The van der Waals surface area contributed by atoms with Crippen molar-refractivity contribution in [3.05, 3.63) is 187 Å². The van der Waals surface area contributed by atoms with Crippen molar-refractivity contribution in [1.29, 1.82) is 0 Å². The van der Waals surface area contributed by atoms with E-state index in [0.29, 0.717) is 5.82 Å². The van der Waals surface area contributed by atoms with Gasteiger partial charge in [0.05, 0.1) is 28.1 Å². The molecule has 254 valence electrons. The van der Waals surface area contributed by atoms with Crippen LogP contribution in [0.15, 0.2) is 176 Å². The number of hydrogen-bond acceptors (Lipinski definition) is 2. The van der Waals surface area contributed by atoms with Crippen LogP contribution in [0.1, 0.15) is 25.0 Å². The van der Waals surface area contributed by atoms with Gasteiger partial charge in [-0.25, -0.2) is 9.97 Å². The lowest BCUT2D eigenvalue weighted by Crippen LogP contribution is -2.15. The fraction of sp³-hybridized carbons (Fsp3) is 0.0588. The first-order chi connectivity index (χ1) is 26.5. The third-order valence-electron chi connectivity index (χ3n) is 11.6. The zero-order valence-corrected chi connectivity index (χ0v) is 30.1. The first-order valence-electron chi connectivity index (χ1n) is 18.7. The topological polar surface area (TPSA) is 30.7 Å². The minimum atomic E-state index is -0.190. The van der Waals surface area contributed by atoms with Crippen molar-refractivity contribution in [3.63, 3.8) is 0 Å². The molecule has 2 aromatic heterocycles. The molecule has 0 saturated carbocycles. The van der Waals surface area contributed by atoms with Gasteiger partial charge in [-0.05, 0) is 62.7 Å². The molecule has 0 atom stereocenters. The average molecular weight is 690 g/mol. The van der Waals surface area contributed by atoms with E-state index in [-0.39, 0.29) is 5.41 Å². The first-order valence-corrected chi connectivity index (χ1v) is 18.7. The number of fused-ring (bicyclic) bond motifs is 9. The Bertz CT molecular complexity index is 3060. The summed E-state index contributed by atoms with van der Waals surface area (Å²) < 4.78 is 2.51. The van der Waals surface area contributed by atoms with Crippen molar-refractivity contribution in [1.82, 2.24) is 14.5 Å². The summed E-state index contributed by atoms with van der Waals surface area (Å²) in [4.78, 5) is 10.5. The monoisotopic (exact) mass is 689 g/mol. The molecular weight excluding hydrogens is 655 g/mol.